The van der Waals surface area contributed by atoms with Gasteiger partial charge in [0.15, 0.2) is 24.1 Å². The van der Waals surface area contributed by atoms with Crippen LogP contribution in [0.4, 0.5) is 9.59 Å². The highest BCUT2D eigenvalue weighted by atomic mass is 16.8. The number of nitrogens with zero attached hydrogens (tertiary/aromatic N) is 2. The Hall–Kier alpha value is -2.64. The van der Waals surface area contributed by atoms with E-state index in [9.17, 15) is 19.6 Å². The monoisotopic (exact) mass is 610 g/mol. The first kappa shape index (κ1) is 31.8. The van der Waals surface area contributed by atoms with Crippen molar-refractivity contribution in [3.05, 3.63) is 0 Å². The number of carbonyl (C=O) groups is 3. The minimum Gasteiger partial charge on any atom is -0.458 e. The van der Waals surface area contributed by atoms with Crippen molar-refractivity contribution in [3.63, 3.8) is 0 Å². The van der Waals surface area contributed by atoms with Crippen LogP contribution in [-0.4, -0.2) is 101 Å². The summed E-state index contributed by atoms with van der Waals surface area (Å²) >= 11 is 0. The van der Waals surface area contributed by atoms with Crippen molar-refractivity contribution in [2.45, 2.75) is 135 Å². The van der Waals surface area contributed by atoms with E-state index in [-0.39, 0.29) is 24.0 Å². The summed E-state index contributed by atoms with van der Waals surface area (Å²) in [5.41, 5.74) is -1.90. The van der Waals surface area contributed by atoms with E-state index in [4.69, 9.17) is 33.2 Å². The summed E-state index contributed by atoms with van der Waals surface area (Å²) in [6, 6.07) is -0.197. The average Bonchev–Trinajstić information content (AvgIpc) is 3.50. The van der Waals surface area contributed by atoms with Gasteiger partial charge in [-0.25, -0.2) is 9.59 Å². The van der Waals surface area contributed by atoms with Gasteiger partial charge in [-0.1, -0.05) is 32.9 Å². The molecule has 2 bridgehead atoms. The third kappa shape index (κ3) is 5.24. The summed E-state index contributed by atoms with van der Waals surface area (Å²) in [6.45, 7) is 14.8. The lowest BCUT2D eigenvalue weighted by molar-refractivity contribution is -0.270. The van der Waals surface area contributed by atoms with Crippen molar-refractivity contribution in [1.82, 2.24) is 4.90 Å². The fraction of sp³-hybridized carbons (Fsp3) is 0.867. The van der Waals surface area contributed by atoms with Gasteiger partial charge in [0, 0.05) is 24.8 Å². The number of fused-ring (bicyclic) bond motifs is 4. The van der Waals surface area contributed by atoms with Crippen LogP contribution >= 0.6 is 0 Å². The number of carbonyl (C=O) groups excluding carboxylic acids is 3. The maximum absolute atomic E-state index is 13.7. The lowest BCUT2D eigenvalue weighted by atomic mass is 9.75. The fourth-order valence-electron chi connectivity index (χ4n) is 8.15. The van der Waals surface area contributed by atoms with Gasteiger partial charge in [0.1, 0.15) is 6.10 Å². The van der Waals surface area contributed by atoms with Gasteiger partial charge < -0.3 is 43.3 Å². The van der Waals surface area contributed by atoms with E-state index in [0.717, 1.165) is 0 Å². The highest BCUT2D eigenvalue weighted by molar-refractivity contribution is 5.89. The summed E-state index contributed by atoms with van der Waals surface area (Å²) < 4.78 is 42.6. The van der Waals surface area contributed by atoms with Crippen molar-refractivity contribution in [2.75, 3.05) is 7.05 Å². The summed E-state index contributed by atoms with van der Waals surface area (Å²) in [4.78, 5) is 40.1. The number of likely N-dealkylation sites (N-methyl/N-ethyl adjacent to an activating group) is 1. The lowest BCUT2D eigenvalue weighted by Crippen LogP contribution is -2.55. The second kappa shape index (κ2) is 11.4. The van der Waals surface area contributed by atoms with E-state index in [1.807, 2.05) is 34.6 Å². The van der Waals surface area contributed by atoms with Crippen molar-refractivity contribution in [3.8, 4) is 0 Å². The number of oxime groups is 1. The molecule has 0 unspecified atom stereocenters. The zero-order chi connectivity index (χ0) is 31.6. The van der Waals surface area contributed by atoms with Gasteiger partial charge in [0.2, 0.25) is 0 Å². The molecule has 0 aliphatic carbocycles. The molecule has 0 spiro atoms. The third-order valence-corrected chi connectivity index (χ3v) is 10.4. The second-order valence-corrected chi connectivity index (χ2v) is 13.5. The number of hydrogen-bond acceptors (Lipinski definition) is 12. The second-order valence-electron chi connectivity index (χ2n) is 13.5. The topological polar surface area (TPSA) is 152 Å². The van der Waals surface area contributed by atoms with Gasteiger partial charge in [-0.3, -0.25) is 4.79 Å². The van der Waals surface area contributed by atoms with Crippen LogP contribution in [0.3, 0.4) is 0 Å². The van der Waals surface area contributed by atoms with Crippen LogP contribution in [-0.2, 0) is 38.0 Å². The maximum atomic E-state index is 13.7. The first-order valence-electron chi connectivity index (χ1n) is 15.4. The van der Waals surface area contributed by atoms with E-state index < -0.39 is 78.1 Å². The van der Waals surface area contributed by atoms with Crippen LogP contribution in [0.25, 0.3) is 0 Å². The molecule has 5 aliphatic rings. The Balaban J connectivity index is 1.51. The molecule has 1 amide bonds. The molecule has 5 fully saturated rings. The number of ether oxygens (including phenoxy) is 7. The Kier molecular flexibility index (Phi) is 8.40. The SMILES string of the molecule is CC[C@H]1OC(=O)[C@H](C)[C@@H]2O[C@](C)(C[C@@H](C)/C(=N\O)[C@H](C)[C@H]3OC(=O)O[C@]31C)[C@H](O[C@@H]1O[C@H](C)C[C@H]3[C@H]1OC(=O)N3C)[C@H]2C. The van der Waals surface area contributed by atoms with Crippen LogP contribution in [0.15, 0.2) is 5.16 Å². The molecule has 13 heteroatoms. The zero-order valence-corrected chi connectivity index (χ0v) is 26.5. The Morgan fingerprint density at radius 1 is 1.02 bits per heavy atom. The predicted octanol–water partition coefficient (Wildman–Crippen LogP) is 3.88. The standard InChI is InChI=1S/C30H46N2O11/c1-10-19-30(8)24(41-28(35)43-30)15(4)20(31-36)13(2)12-29(7)23(16(5)21(42-29)17(6)25(33)38-19)40-26-22-18(11-14(3)37-26)32(9)27(34)39-22/h13-19,21-24,26,36H,10-12H2,1-9H3/b31-20+/t13-,14-,15+,16+,17-,18+,19-,21-,22-,23-,24-,26+,29-,30+/m1/s1. The Bertz CT molecular complexity index is 1150. The zero-order valence-electron chi connectivity index (χ0n) is 26.5. The molecule has 1 N–H and O–H groups in total. The van der Waals surface area contributed by atoms with Gasteiger partial charge in [0.05, 0.1) is 41.6 Å². The lowest BCUT2D eigenvalue weighted by Gasteiger charge is -2.41. The first-order chi connectivity index (χ1) is 20.1. The minimum absolute atomic E-state index is 0.181. The minimum atomic E-state index is -1.30. The average molecular weight is 611 g/mol. The van der Waals surface area contributed by atoms with Gasteiger partial charge in [-0.15, -0.1) is 0 Å². The van der Waals surface area contributed by atoms with E-state index in [1.54, 1.807) is 32.7 Å². The molecule has 0 aromatic heterocycles. The normalized spacial score (nSPS) is 49.6. The highest BCUT2D eigenvalue weighted by Crippen LogP contribution is 2.48. The molecule has 43 heavy (non-hydrogen) atoms. The van der Waals surface area contributed by atoms with E-state index in [1.165, 1.54) is 0 Å². The van der Waals surface area contributed by atoms with Crippen molar-refractivity contribution < 1.29 is 52.7 Å². The molecule has 0 aromatic rings. The summed E-state index contributed by atoms with van der Waals surface area (Å²) in [5.74, 6) is -2.46. The number of hydrogen-bond donors (Lipinski definition) is 1. The van der Waals surface area contributed by atoms with Crippen LogP contribution in [0.1, 0.15) is 74.7 Å². The Morgan fingerprint density at radius 2 is 1.72 bits per heavy atom. The first-order valence-corrected chi connectivity index (χ1v) is 15.4. The number of amides is 1. The molecule has 14 atom stereocenters. The molecule has 5 rings (SSSR count). The number of cyclic esters (lactones) is 1. The van der Waals surface area contributed by atoms with Gasteiger partial charge in [-0.2, -0.15) is 0 Å². The maximum Gasteiger partial charge on any atom is 0.509 e. The highest BCUT2D eigenvalue weighted by Gasteiger charge is 2.61. The van der Waals surface area contributed by atoms with Crippen molar-refractivity contribution in [1.29, 1.82) is 0 Å². The molecule has 13 nitrogen and oxygen atoms in total. The summed E-state index contributed by atoms with van der Waals surface area (Å²) in [6.07, 6.45) is -4.52. The number of esters is 1. The number of rotatable bonds is 3. The van der Waals surface area contributed by atoms with E-state index in [0.29, 0.717) is 25.0 Å². The van der Waals surface area contributed by atoms with Crippen LogP contribution in [0.5, 0.6) is 0 Å². The van der Waals surface area contributed by atoms with Gasteiger partial charge >= 0.3 is 18.2 Å². The molecular formula is C30H46N2O11. The quantitative estimate of drug-likeness (QED) is 0.215. The van der Waals surface area contributed by atoms with E-state index >= 15 is 0 Å². The molecule has 0 aromatic carbocycles. The Labute approximate surface area is 252 Å². The molecule has 0 radical (unpaired) electrons. The Morgan fingerprint density at radius 3 is 2.37 bits per heavy atom. The van der Waals surface area contributed by atoms with Crippen LogP contribution < -0.4 is 0 Å². The molecule has 0 saturated carbocycles. The van der Waals surface area contributed by atoms with Gasteiger partial charge in [0.25, 0.3) is 0 Å². The molecule has 242 valence electrons. The molecule has 5 saturated heterocycles. The van der Waals surface area contributed by atoms with E-state index in [2.05, 4.69) is 5.16 Å². The van der Waals surface area contributed by atoms with Crippen molar-refractivity contribution in [2.24, 2.45) is 28.8 Å². The summed E-state index contributed by atoms with van der Waals surface area (Å²) in [7, 11) is 1.71. The fourth-order valence-corrected chi connectivity index (χ4v) is 8.15. The predicted molar refractivity (Wildman–Crippen MR) is 149 cm³/mol. The largest absolute Gasteiger partial charge is 0.509 e. The van der Waals surface area contributed by atoms with Crippen LogP contribution in [0.2, 0.25) is 0 Å². The molecule has 5 aliphatic heterocycles. The smallest absolute Gasteiger partial charge is 0.458 e. The third-order valence-electron chi connectivity index (χ3n) is 10.4. The molecular weight excluding hydrogens is 564 g/mol. The van der Waals surface area contributed by atoms with Gasteiger partial charge in [-0.05, 0) is 47.0 Å². The van der Waals surface area contributed by atoms with Crippen LogP contribution in [0, 0.1) is 23.7 Å². The van der Waals surface area contributed by atoms with Crippen molar-refractivity contribution >= 4 is 23.9 Å². The molecule has 5 heterocycles. The summed E-state index contributed by atoms with van der Waals surface area (Å²) in [5, 5.41) is 13.9.